The average Bonchev–Trinajstić information content (AvgIpc) is 2.05. The normalized spacial score (nSPS) is 11.6. The van der Waals surface area contributed by atoms with Crippen molar-refractivity contribution in [2.24, 2.45) is 0 Å². The van der Waals surface area contributed by atoms with Crippen LogP contribution in [0.25, 0.3) is 0 Å². The van der Waals surface area contributed by atoms with Crippen molar-refractivity contribution >= 4 is 21.7 Å². The maximum atomic E-state index is 10.7. The number of rotatable bonds is 3. The van der Waals surface area contributed by atoms with Gasteiger partial charge in [0, 0.05) is 11.8 Å². The fourth-order valence-electron chi connectivity index (χ4n) is 0.885. The highest BCUT2D eigenvalue weighted by Gasteiger charge is 2.06. The Labute approximate surface area is 88.0 Å². The summed E-state index contributed by atoms with van der Waals surface area (Å²) < 4.78 is 26.0. The van der Waals surface area contributed by atoms with Crippen LogP contribution in [0.4, 0.5) is 0 Å². The Bertz CT molecular complexity index is 430. The molecular weight excluding hydrogens is 226 g/mol. The molecule has 0 atom stereocenters. The molecule has 0 bridgehead atoms. The summed E-state index contributed by atoms with van der Waals surface area (Å²) in [4.78, 5) is 3.87. The Balaban J connectivity index is 2.81. The molecular formula is C8H10ClNO3S. The van der Waals surface area contributed by atoms with Crippen LogP contribution < -0.4 is 0 Å². The first-order valence-electron chi connectivity index (χ1n) is 3.84. The van der Waals surface area contributed by atoms with Gasteiger partial charge in [-0.1, -0.05) is 11.6 Å². The average molecular weight is 236 g/mol. The van der Waals surface area contributed by atoms with Crippen molar-refractivity contribution in [2.75, 3.05) is 6.26 Å². The summed E-state index contributed by atoms with van der Waals surface area (Å²) in [5.74, 6) is 0. The Morgan fingerprint density at radius 1 is 1.57 bits per heavy atom. The third kappa shape index (κ3) is 3.61. The third-order valence-corrected chi connectivity index (χ3v) is 2.36. The van der Waals surface area contributed by atoms with Crippen molar-refractivity contribution < 1.29 is 12.6 Å². The molecule has 6 heteroatoms. The van der Waals surface area contributed by atoms with Gasteiger partial charge in [-0.05, 0) is 18.6 Å². The van der Waals surface area contributed by atoms with Gasteiger partial charge in [0.2, 0.25) is 0 Å². The summed E-state index contributed by atoms with van der Waals surface area (Å²) in [6, 6.07) is 1.74. The van der Waals surface area contributed by atoms with Crippen molar-refractivity contribution in [3.63, 3.8) is 0 Å². The van der Waals surface area contributed by atoms with Crippen LogP contribution in [0.1, 0.15) is 11.1 Å². The van der Waals surface area contributed by atoms with E-state index in [0.717, 1.165) is 11.8 Å². The van der Waals surface area contributed by atoms with Gasteiger partial charge in [0.25, 0.3) is 10.1 Å². The second kappa shape index (κ2) is 4.25. The maximum absolute atomic E-state index is 10.7. The van der Waals surface area contributed by atoms with Crippen molar-refractivity contribution in [3.8, 4) is 0 Å². The lowest BCUT2D eigenvalue weighted by molar-refractivity contribution is 0.311. The van der Waals surface area contributed by atoms with Gasteiger partial charge >= 0.3 is 0 Å². The number of halogens is 1. The van der Waals surface area contributed by atoms with E-state index in [4.69, 9.17) is 11.6 Å². The van der Waals surface area contributed by atoms with Crippen LogP contribution in [-0.4, -0.2) is 19.7 Å². The van der Waals surface area contributed by atoms with Crippen molar-refractivity contribution in [1.82, 2.24) is 4.98 Å². The predicted octanol–water partition coefficient (Wildman–Crippen LogP) is 1.52. The largest absolute Gasteiger partial charge is 0.265 e. The fraction of sp³-hybridized carbons (Fsp3) is 0.375. The lowest BCUT2D eigenvalue weighted by Gasteiger charge is -2.04. The molecule has 0 N–H and O–H groups in total. The maximum Gasteiger partial charge on any atom is 0.264 e. The van der Waals surface area contributed by atoms with E-state index in [1.807, 2.05) is 6.92 Å². The summed E-state index contributed by atoms with van der Waals surface area (Å²) in [7, 11) is -3.44. The zero-order valence-corrected chi connectivity index (χ0v) is 9.39. The first-order valence-corrected chi connectivity index (χ1v) is 6.03. The van der Waals surface area contributed by atoms with Crippen LogP contribution in [0.2, 0.25) is 5.15 Å². The molecule has 1 aromatic heterocycles. The molecule has 0 amide bonds. The summed E-state index contributed by atoms with van der Waals surface area (Å²) in [5.41, 5.74) is 1.47. The number of aromatic nitrogens is 1. The lowest BCUT2D eigenvalue weighted by Crippen LogP contribution is -2.03. The Morgan fingerprint density at radius 2 is 2.21 bits per heavy atom. The monoisotopic (exact) mass is 235 g/mol. The minimum atomic E-state index is -3.44. The summed E-state index contributed by atoms with van der Waals surface area (Å²) in [6.45, 7) is 1.76. The molecule has 0 saturated carbocycles. The van der Waals surface area contributed by atoms with Crippen LogP contribution in [0.15, 0.2) is 12.3 Å². The van der Waals surface area contributed by atoms with Gasteiger partial charge in [0.05, 0.1) is 12.9 Å². The first-order chi connectivity index (χ1) is 6.38. The van der Waals surface area contributed by atoms with Gasteiger partial charge in [-0.2, -0.15) is 8.42 Å². The van der Waals surface area contributed by atoms with E-state index in [0.29, 0.717) is 5.56 Å². The first kappa shape index (κ1) is 11.4. The van der Waals surface area contributed by atoms with E-state index in [-0.39, 0.29) is 11.8 Å². The standard InChI is InChI=1S/C8H10ClNO3S/c1-6-3-7(8(9)10-4-6)5-13-14(2,11)12/h3-4H,5H2,1-2H3. The quantitative estimate of drug-likeness (QED) is 0.589. The number of pyridine rings is 1. The number of aryl methyl sites for hydroxylation is 1. The molecule has 14 heavy (non-hydrogen) atoms. The molecule has 0 unspecified atom stereocenters. The van der Waals surface area contributed by atoms with Crippen LogP contribution in [-0.2, 0) is 20.9 Å². The Hall–Kier alpha value is -0.650. The lowest BCUT2D eigenvalue weighted by atomic mass is 10.2. The molecule has 0 radical (unpaired) electrons. The van der Waals surface area contributed by atoms with Crippen molar-refractivity contribution in [3.05, 3.63) is 28.5 Å². The van der Waals surface area contributed by atoms with E-state index in [9.17, 15) is 8.42 Å². The van der Waals surface area contributed by atoms with Crippen LogP contribution in [0, 0.1) is 6.92 Å². The Morgan fingerprint density at radius 3 is 2.79 bits per heavy atom. The van der Waals surface area contributed by atoms with Gasteiger partial charge < -0.3 is 0 Å². The zero-order chi connectivity index (χ0) is 10.8. The van der Waals surface area contributed by atoms with E-state index < -0.39 is 10.1 Å². The topological polar surface area (TPSA) is 56.3 Å². The molecule has 1 rings (SSSR count). The highest BCUT2D eigenvalue weighted by Crippen LogP contribution is 2.15. The summed E-state index contributed by atoms with van der Waals surface area (Å²) in [5, 5.41) is 0.263. The highest BCUT2D eigenvalue weighted by atomic mass is 35.5. The van der Waals surface area contributed by atoms with E-state index in [1.54, 1.807) is 12.3 Å². The second-order valence-corrected chi connectivity index (χ2v) is 4.93. The Kier molecular flexibility index (Phi) is 3.47. The molecule has 78 valence electrons. The summed E-state index contributed by atoms with van der Waals surface area (Å²) in [6.07, 6.45) is 2.59. The molecule has 0 aliphatic rings. The molecule has 0 aromatic carbocycles. The molecule has 4 nitrogen and oxygen atoms in total. The van der Waals surface area contributed by atoms with Gasteiger partial charge in [-0.15, -0.1) is 0 Å². The molecule has 1 heterocycles. The van der Waals surface area contributed by atoms with E-state index >= 15 is 0 Å². The van der Waals surface area contributed by atoms with Crippen molar-refractivity contribution in [2.45, 2.75) is 13.5 Å². The van der Waals surface area contributed by atoms with Crippen LogP contribution in [0.3, 0.4) is 0 Å². The van der Waals surface area contributed by atoms with Gasteiger partial charge in [0.15, 0.2) is 0 Å². The number of hydrogen-bond donors (Lipinski definition) is 0. The molecule has 0 saturated heterocycles. The number of hydrogen-bond acceptors (Lipinski definition) is 4. The molecule has 0 fully saturated rings. The molecule has 0 spiro atoms. The second-order valence-electron chi connectivity index (χ2n) is 2.93. The van der Waals surface area contributed by atoms with Crippen molar-refractivity contribution in [1.29, 1.82) is 0 Å². The minimum Gasteiger partial charge on any atom is -0.265 e. The SMILES string of the molecule is Cc1cnc(Cl)c(COS(C)(=O)=O)c1. The fourth-order valence-corrected chi connectivity index (χ4v) is 1.38. The molecule has 0 aliphatic heterocycles. The highest BCUT2D eigenvalue weighted by molar-refractivity contribution is 7.85. The number of nitrogens with zero attached hydrogens (tertiary/aromatic N) is 1. The molecule has 0 aliphatic carbocycles. The smallest absolute Gasteiger partial charge is 0.264 e. The zero-order valence-electron chi connectivity index (χ0n) is 7.82. The van der Waals surface area contributed by atoms with Crippen LogP contribution in [0.5, 0.6) is 0 Å². The van der Waals surface area contributed by atoms with Crippen LogP contribution >= 0.6 is 11.6 Å². The third-order valence-electron chi connectivity index (χ3n) is 1.48. The van der Waals surface area contributed by atoms with Gasteiger partial charge in [-0.25, -0.2) is 4.98 Å². The molecule has 1 aromatic rings. The van der Waals surface area contributed by atoms with E-state index in [1.165, 1.54) is 0 Å². The van der Waals surface area contributed by atoms with Gasteiger partial charge in [-0.3, -0.25) is 4.18 Å². The minimum absolute atomic E-state index is 0.0770. The predicted molar refractivity (Wildman–Crippen MR) is 53.6 cm³/mol. The van der Waals surface area contributed by atoms with Gasteiger partial charge in [0.1, 0.15) is 5.15 Å². The summed E-state index contributed by atoms with van der Waals surface area (Å²) >= 11 is 5.74. The van der Waals surface area contributed by atoms with E-state index in [2.05, 4.69) is 9.17 Å².